The highest BCUT2D eigenvalue weighted by Crippen LogP contribution is 2.13. The van der Waals surface area contributed by atoms with Crippen molar-refractivity contribution in [2.75, 3.05) is 5.32 Å². The first kappa shape index (κ1) is 13.3. The minimum Gasteiger partial charge on any atom is -0.321 e. The smallest absolute Gasteiger partial charge is 0.255 e. The summed E-state index contributed by atoms with van der Waals surface area (Å²) < 4.78 is 1.58. The van der Waals surface area contributed by atoms with E-state index in [9.17, 15) is 4.79 Å². The van der Waals surface area contributed by atoms with Crippen molar-refractivity contribution in [3.8, 4) is 5.69 Å². The summed E-state index contributed by atoms with van der Waals surface area (Å²) in [5, 5.41) is 7.16. The van der Waals surface area contributed by atoms with E-state index >= 15 is 0 Å². The summed E-state index contributed by atoms with van der Waals surface area (Å²) in [6.45, 7) is 0. The summed E-state index contributed by atoms with van der Waals surface area (Å²) in [7, 11) is 0. The molecule has 1 amide bonds. The van der Waals surface area contributed by atoms with Crippen molar-refractivity contribution in [3.63, 3.8) is 0 Å². The standard InChI is InChI=1S/C14H10ClN5O/c15-13-5-4-11(7-17-13)19-14(21)10-2-1-3-12(6-10)20-9-16-8-18-20/h1-9H,(H,19,21). The van der Waals surface area contributed by atoms with Crippen molar-refractivity contribution < 1.29 is 4.79 Å². The molecule has 21 heavy (non-hydrogen) atoms. The van der Waals surface area contributed by atoms with Gasteiger partial charge in [-0.15, -0.1) is 0 Å². The average Bonchev–Trinajstić information content (AvgIpc) is 3.04. The van der Waals surface area contributed by atoms with Gasteiger partial charge in [-0.05, 0) is 30.3 Å². The largest absolute Gasteiger partial charge is 0.321 e. The maximum absolute atomic E-state index is 12.2. The Labute approximate surface area is 125 Å². The van der Waals surface area contributed by atoms with Gasteiger partial charge in [-0.25, -0.2) is 14.6 Å². The van der Waals surface area contributed by atoms with E-state index in [1.807, 2.05) is 6.07 Å². The highest BCUT2D eigenvalue weighted by Gasteiger charge is 2.08. The molecule has 1 aromatic carbocycles. The van der Waals surface area contributed by atoms with Crippen molar-refractivity contribution in [2.24, 2.45) is 0 Å². The highest BCUT2D eigenvalue weighted by molar-refractivity contribution is 6.29. The molecule has 0 spiro atoms. The molecule has 6 nitrogen and oxygen atoms in total. The molecule has 7 heteroatoms. The first-order valence-corrected chi connectivity index (χ1v) is 6.48. The third-order valence-corrected chi connectivity index (χ3v) is 3.00. The molecule has 3 rings (SSSR count). The Hall–Kier alpha value is -2.73. The lowest BCUT2D eigenvalue weighted by Crippen LogP contribution is -2.12. The minimum atomic E-state index is -0.235. The van der Waals surface area contributed by atoms with E-state index in [0.717, 1.165) is 5.69 Å². The lowest BCUT2D eigenvalue weighted by atomic mass is 10.2. The molecule has 0 aliphatic carbocycles. The van der Waals surface area contributed by atoms with Crippen LogP contribution < -0.4 is 5.32 Å². The van der Waals surface area contributed by atoms with Crippen molar-refractivity contribution >= 4 is 23.2 Å². The summed E-state index contributed by atoms with van der Waals surface area (Å²) >= 11 is 5.70. The topological polar surface area (TPSA) is 72.7 Å². The van der Waals surface area contributed by atoms with Crippen LogP contribution in [0.3, 0.4) is 0 Å². The number of pyridine rings is 1. The zero-order valence-electron chi connectivity index (χ0n) is 10.8. The highest BCUT2D eigenvalue weighted by atomic mass is 35.5. The number of amides is 1. The predicted octanol–water partition coefficient (Wildman–Crippen LogP) is 2.57. The first-order valence-electron chi connectivity index (χ1n) is 6.10. The Bertz CT molecular complexity index is 755. The molecular weight excluding hydrogens is 290 g/mol. The van der Waals surface area contributed by atoms with E-state index in [1.165, 1.54) is 12.5 Å². The SMILES string of the molecule is O=C(Nc1ccc(Cl)nc1)c1cccc(-n2cncn2)c1. The molecule has 0 saturated carbocycles. The van der Waals surface area contributed by atoms with Crippen molar-refractivity contribution in [2.45, 2.75) is 0 Å². The van der Waals surface area contributed by atoms with Gasteiger partial charge in [0.15, 0.2) is 0 Å². The third kappa shape index (κ3) is 3.06. The lowest BCUT2D eigenvalue weighted by Gasteiger charge is -2.06. The minimum absolute atomic E-state index is 0.235. The number of rotatable bonds is 3. The Morgan fingerprint density at radius 1 is 1.24 bits per heavy atom. The van der Waals surface area contributed by atoms with Gasteiger partial charge in [-0.2, -0.15) is 5.10 Å². The van der Waals surface area contributed by atoms with Crippen molar-refractivity contribution in [1.29, 1.82) is 0 Å². The fraction of sp³-hybridized carbons (Fsp3) is 0. The van der Waals surface area contributed by atoms with Crippen molar-refractivity contribution in [3.05, 3.63) is 66.0 Å². The van der Waals surface area contributed by atoms with Crippen LogP contribution in [0.4, 0.5) is 5.69 Å². The van der Waals surface area contributed by atoms with Crippen LogP contribution in [-0.2, 0) is 0 Å². The van der Waals surface area contributed by atoms with Crippen LogP contribution in [0.15, 0.2) is 55.2 Å². The number of halogens is 1. The number of anilines is 1. The number of hydrogen-bond donors (Lipinski definition) is 1. The van der Waals surface area contributed by atoms with Crippen LogP contribution in [0.1, 0.15) is 10.4 Å². The monoisotopic (exact) mass is 299 g/mol. The van der Waals surface area contributed by atoms with Crippen LogP contribution in [0.5, 0.6) is 0 Å². The van der Waals surface area contributed by atoms with Gasteiger partial charge in [0, 0.05) is 5.56 Å². The number of hydrogen-bond acceptors (Lipinski definition) is 4. The molecular formula is C14H10ClN5O. The van der Waals surface area contributed by atoms with E-state index < -0.39 is 0 Å². The molecule has 0 saturated heterocycles. The van der Waals surface area contributed by atoms with Crippen LogP contribution in [0, 0.1) is 0 Å². The van der Waals surface area contributed by atoms with E-state index in [0.29, 0.717) is 16.4 Å². The summed E-state index contributed by atoms with van der Waals surface area (Å²) in [5.74, 6) is -0.235. The Kier molecular flexibility index (Phi) is 3.61. The van der Waals surface area contributed by atoms with Gasteiger partial charge in [0.2, 0.25) is 0 Å². The van der Waals surface area contributed by atoms with E-state index in [4.69, 9.17) is 11.6 Å². The average molecular weight is 300 g/mol. The predicted molar refractivity (Wildman–Crippen MR) is 78.6 cm³/mol. The molecule has 0 unspecified atom stereocenters. The van der Waals surface area contributed by atoms with E-state index in [-0.39, 0.29) is 5.91 Å². The number of aromatic nitrogens is 4. The number of carbonyl (C=O) groups excluding carboxylic acids is 1. The number of nitrogens with zero attached hydrogens (tertiary/aromatic N) is 4. The van der Waals surface area contributed by atoms with Gasteiger partial charge < -0.3 is 5.32 Å². The second-order valence-electron chi connectivity index (χ2n) is 4.21. The van der Waals surface area contributed by atoms with Crippen LogP contribution >= 0.6 is 11.6 Å². The molecule has 0 fully saturated rings. The quantitative estimate of drug-likeness (QED) is 0.754. The van der Waals surface area contributed by atoms with Crippen molar-refractivity contribution in [1.82, 2.24) is 19.7 Å². The molecule has 0 aliphatic heterocycles. The molecule has 0 radical (unpaired) electrons. The zero-order valence-corrected chi connectivity index (χ0v) is 11.5. The van der Waals surface area contributed by atoms with Gasteiger partial charge >= 0.3 is 0 Å². The molecule has 2 heterocycles. The summed E-state index contributed by atoms with van der Waals surface area (Å²) in [5.41, 5.74) is 1.85. The van der Waals surface area contributed by atoms with Crippen LogP contribution in [-0.4, -0.2) is 25.7 Å². The maximum Gasteiger partial charge on any atom is 0.255 e. The zero-order chi connectivity index (χ0) is 14.7. The van der Waals surface area contributed by atoms with Crippen LogP contribution in [0.2, 0.25) is 5.15 Å². The molecule has 3 aromatic rings. The summed E-state index contributed by atoms with van der Waals surface area (Å²) in [6.07, 6.45) is 4.51. The van der Waals surface area contributed by atoms with E-state index in [2.05, 4.69) is 20.4 Å². The fourth-order valence-electron chi connectivity index (χ4n) is 1.78. The third-order valence-electron chi connectivity index (χ3n) is 2.78. The Morgan fingerprint density at radius 2 is 2.14 bits per heavy atom. The molecule has 2 aromatic heterocycles. The summed E-state index contributed by atoms with van der Waals surface area (Å²) in [6, 6.07) is 10.4. The number of benzene rings is 1. The lowest BCUT2D eigenvalue weighted by molar-refractivity contribution is 0.102. The van der Waals surface area contributed by atoms with Gasteiger partial charge in [0.05, 0.1) is 17.6 Å². The van der Waals surface area contributed by atoms with Gasteiger partial charge in [-0.1, -0.05) is 17.7 Å². The van der Waals surface area contributed by atoms with Gasteiger partial charge in [-0.3, -0.25) is 4.79 Å². The second kappa shape index (κ2) is 5.72. The molecule has 1 N–H and O–H groups in total. The molecule has 0 atom stereocenters. The molecule has 104 valence electrons. The molecule has 0 bridgehead atoms. The maximum atomic E-state index is 12.2. The first-order chi connectivity index (χ1) is 10.2. The Morgan fingerprint density at radius 3 is 2.86 bits per heavy atom. The van der Waals surface area contributed by atoms with Gasteiger partial charge in [0.25, 0.3) is 5.91 Å². The number of nitrogens with one attached hydrogen (secondary N) is 1. The normalized spacial score (nSPS) is 10.3. The molecule has 0 aliphatic rings. The van der Waals surface area contributed by atoms with E-state index in [1.54, 1.807) is 41.3 Å². The van der Waals surface area contributed by atoms with Crippen LogP contribution in [0.25, 0.3) is 5.69 Å². The number of carbonyl (C=O) groups is 1. The fourth-order valence-corrected chi connectivity index (χ4v) is 1.90. The Balaban J connectivity index is 1.81. The summed E-state index contributed by atoms with van der Waals surface area (Å²) in [4.78, 5) is 20.0. The van der Waals surface area contributed by atoms with Gasteiger partial charge in [0.1, 0.15) is 17.8 Å². The second-order valence-corrected chi connectivity index (χ2v) is 4.60.